The van der Waals surface area contributed by atoms with E-state index in [1.807, 2.05) is 53.6 Å². The van der Waals surface area contributed by atoms with E-state index >= 15 is 0 Å². The van der Waals surface area contributed by atoms with Crippen LogP contribution in [0, 0.1) is 0 Å². The zero-order valence-electron chi connectivity index (χ0n) is 15.7. The van der Waals surface area contributed by atoms with E-state index in [1.165, 1.54) is 11.3 Å². The highest BCUT2D eigenvalue weighted by Gasteiger charge is 2.41. The number of carbonyl (C=O) groups excluding carboxylic acids is 3. The van der Waals surface area contributed by atoms with Gasteiger partial charge in [-0.3, -0.25) is 24.4 Å². The number of nitrogens with one attached hydrogen (secondary N) is 1. The molecule has 0 saturated carbocycles. The number of hydrogen-bond donors (Lipinski definition) is 1. The largest absolute Gasteiger partial charge is 0.321 e. The van der Waals surface area contributed by atoms with Crippen molar-refractivity contribution in [2.24, 2.45) is 7.05 Å². The maximum Gasteiger partial charge on any atom is 0.265 e. The highest BCUT2D eigenvalue weighted by atomic mass is 32.1. The number of aryl methyl sites for hydroxylation is 1. The van der Waals surface area contributed by atoms with Gasteiger partial charge >= 0.3 is 0 Å². The second-order valence-corrected chi connectivity index (χ2v) is 8.13. The van der Waals surface area contributed by atoms with Crippen LogP contribution < -0.4 is 5.32 Å². The van der Waals surface area contributed by atoms with Gasteiger partial charge in [0.25, 0.3) is 5.91 Å². The molecule has 0 radical (unpaired) electrons. The van der Waals surface area contributed by atoms with Crippen LogP contribution in [0.3, 0.4) is 0 Å². The fourth-order valence-electron chi connectivity index (χ4n) is 4.12. The zero-order valence-corrected chi connectivity index (χ0v) is 16.5. The number of carbonyl (C=O) groups is 3. The van der Waals surface area contributed by atoms with Gasteiger partial charge in [-0.05, 0) is 11.8 Å². The minimum atomic E-state index is -0.602. The standard InChI is InChI=1S/C21H18N4O3S/c1-24-18(12-5-3-2-4-6-12)13(9-22-24)15-11-29-19-14(15)10-25(21(19)28)16-7-8-17(26)23-20(16)27/h2-6,9,11,16H,7-8,10H2,1H3,(H,23,26,27). The molecule has 0 bridgehead atoms. The van der Waals surface area contributed by atoms with Crippen molar-refractivity contribution in [3.63, 3.8) is 0 Å². The molecule has 8 heteroatoms. The third-order valence-corrected chi connectivity index (χ3v) is 6.55. The van der Waals surface area contributed by atoms with Gasteiger partial charge in [0, 0.05) is 42.3 Å². The van der Waals surface area contributed by atoms with Gasteiger partial charge in [-0.15, -0.1) is 11.3 Å². The molecule has 2 aromatic heterocycles. The van der Waals surface area contributed by atoms with E-state index in [1.54, 1.807) is 4.90 Å². The molecule has 1 N–H and O–H groups in total. The molecule has 146 valence electrons. The molecule has 5 rings (SSSR count). The Bertz CT molecular complexity index is 1150. The Balaban J connectivity index is 1.53. The van der Waals surface area contributed by atoms with Gasteiger partial charge in [-0.2, -0.15) is 5.10 Å². The second-order valence-electron chi connectivity index (χ2n) is 7.25. The Morgan fingerprint density at radius 3 is 2.69 bits per heavy atom. The van der Waals surface area contributed by atoms with Crippen molar-refractivity contribution >= 4 is 29.1 Å². The number of rotatable bonds is 3. The lowest BCUT2D eigenvalue weighted by Crippen LogP contribution is -2.52. The number of amides is 3. The van der Waals surface area contributed by atoms with Gasteiger partial charge in [0.15, 0.2) is 0 Å². The fourth-order valence-corrected chi connectivity index (χ4v) is 5.16. The minimum absolute atomic E-state index is 0.143. The van der Waals surface area contributed by atoms with E-state index in [9.17, 15) is 14.4 Å². The van der Waals surface area contributed by atoms with Crippen LogP contribution >= 0.6 is 11.3 Å². The molecular formula is C21H18N4O3S. The van der Waals surface area contributed by atoms with Crippen LogP contribution in [-0.2, 0) is 23.2 Å². The number of aromatic nitrogens is 2. The van der Waals surface area contributed by atoms with Crippen LogP contribution in [-0.4, -0.2) is 38.4 Å². The van der Waals surface area contributed by atoms with Crippen molar-refractivity contribution in [3.8, 4) is 22.4 Å². The molecular weight excluding hydrogens is 388 g/mol. The first kappa shape index (κ1) is 17.8. The van der Waals surface area contributed by atoms with E-state index in [-0.39, 0.29) is 18.2 Å². The predicted octanol–water partition coefficient (Wildman–Crippen LogP) is 2.58. The SMILES string of the molecule is Cn1ncc(-c2csc3c2CN(C2CCC(=O)NC2=O)C3=O)c1-c1ccccc1. The smallest absolute Gasteiger partial charge is 0.265 e. The number of imide groups is 1. The number of fused-ring (bicyclic) bond motifs is 1. The molecule has 3 amide bonds. The number of thiophene rings is 1. The Morgan fingerprint density at radius 2 is 1.93 bits per heavy atom. The number of nitrogens with zero attached hydrogens (tertiary/aromatic N) is 3. The Hall–Kier alpha value is -3.26. The molecule has 1 unspecified atom stereocenters. The van der Waals surface area contributed by atoms with Crippen molar-refractivity contribution in [2.45, 2.75) is 25.4 Å². The van der Waals surface area contributed by atoms with Crippen molar-refractivity contribution in [3.05, 3.63) is 52.3 Å². The summed E-state index contributed by atoms with van der Waals surface area (Å²) in [6.07, 6.45) is 2.44. The topological polar surface area (TPSA) is 84.3 Å². The Morgan fingerprint density at radius 1 is 1.14 bits per heavy atom. The second kappa shape index (κ2) is 6.66. The fraction of sp³-hybridized carbons (Fsp3) is 0.238. The van der Waals surface area contributed by atoms with Gasteiger partial charge in [0.1, 0.15) is 6.04 Å². The van der Waals surface area contributed by atoms with E-state index in [0.29, 0.717) is 17.8 Å². The van der Waals surface area contributed by atoms with E-state index in [2.05, 4.69) is 10.4 Å². The summed E-state index contributed by atoms with van der Waals surface area (Å²) in [5.41, 5.74) is 4.90. The minimum Gasteiger partial charge on any atom is -0.321 e. The average molecular weight is 406 g/mol. The first-order chi connectivity index (χ1) is 14.0. The number of hydrogen-bond acceptors (Lipinski definition) is 5. The van der Waals surface area contributed by atoms with Gasteiger partial charge in [0.2, 0.25) is 11.8 Å². The molecule has 1 saturated heterocycles. The molecule has 7 nitrogen and oxygen atoms in total. The van der Waals surface area contributed by atoms with Crippen LogP contribution in [0.15, 0.2) is 41.9 Å². The summed E-state index contributed by atoms with van der Waals surface area (Å²) in [7, 11) is 1.90. The maximum atomic E-state index is 13.0. The molecule has 3 aromatic rings. The van der Waals surface area contributed by atoms with Gasteiger partial charge < -0.3 is 4.90 Å². The first-order valence-corrected chi connectivity index (χ1v) is 10.3. The molecule has 1 atom stereocenters. The number of benzene rings is 1. The summed E-state index contributed by atoms with van der Waals surface area (Å²) in [5, 5.41) is 8.78. The van der Waals surface area contributed by atoms with Crippen LogP contribution in [0.25, 0.3) is 22.4 Å². The number of piperidine rings is 1. The van der Waals surface area contributed by atoms with E-state index < -0.39 is 11.9 Å². The van der Waals surface area contributed by atoms with Crippen molar-refractivity contribution in [1.29, 1.82) is 0 Å². The summed E-state index contributed by atoms with van der Waals surface area (Å²) >= 11 is 1.40. The summed E-state index contributed by atoms with van der Waals surface area (Å²) in [5.74, 6) is -0.815. The van der Waals surface area contributed by atoms with Crippen molar-refractivity contribution in [2.75, 3.05) is 0 Å². The van der Waals surface area contributed by atoms with Gasteiger partial charge in [-0.1, -0.05) is 30.3 Å². The maximum absolute atomic E-state index is 13.0. The normalized spacial score (nSPS) is 18.9. The zero-order chi connectivity index (χ0) is 20.1. The first-order valence-electron chi connectivity index (χ1n) is 9.37. The molecule has 0 aliphatic carbocycles. The molecule has 2 aliphatic heterocycles. The van der Waals surface area contributed by atoms with Crippen LogP contribution in [0.1, 0.15) is 28.1 Å². The molecule has 2 aliphatic rings. The van der Waals surface area contributed by atoms with Crippen molar-refractivity contribution < 1.29 is 14.4 Å². The molecule has 29 heavy (non-hydrogen) atoms. The highest BCUT2D eigenvalue weighted by molar-refractivity contribution is 7.12. The summed E-state index contributed by atoms with van der Waals surface area (Å²) in [6.45, 7) is 0.363. The molecule has 1 aromatic carbocycles. The lowest BCUT2D eigenvalue weighted by atomic mass is 10.00. The summed E-state index contributed by atoms with van der Waals surface area (Å²) in [6, 6.07) is 9.41. The molecule has 0 spiro atoms. The van der Waals surface area contributed by atoms with E-state index in [0.717, 1.165) is 27.9 Å². The third-order valence-electron chi connectivity index (χ3n) is 5.54. The molecule has 1 fully saturated rings. The Labute approximate surface area is 170 Å². The lowest BCUT2D eigenvalue weighted by Gasteiger charge is -2.29. The van der Waals surface area contributed by atoms with Gasteiger partial charge in [0.05, 0.1) is 16.8 Å². The monoisotopic (exact) mass is 406 g/mol. The highest BCUT2D eigenvalue weighted by Crippen LogP contribution is 2.42. The average Bonchev–Trinajstić information content (AvgIpc) is 3.38. The summed E-state index contributed by atoms with van der Waals surface area (Å²) < 4.78 is 1.84. The van der Waals surface area contributed by atoms with Crippen LogP contribution in [0.2, 0.25) is 0 Å². The van der Waals surface area contributed by atoms with Crippen LogP contribution in [0.4, 0.5) is 0 Å². The third kappa shape index (κ3) is 2.79. The van der Waals surface area contributed by atoms with Crippen LogP contribution in [0.5, 0.6) is 0 Å². The van der Waals surface area contributed by atoms with Gasteiger partial charge in [-0.25, -0.2) is 0 Å². The predicted molar refractivity (Wildman–Crippen MR) is 108 cm³/mol. The summed E-state index contributed by atoms with van der Waals surface area (Å²) in [4.78, 5) is 39.0. The van der Waals surface area contributed by atoms with Crippen molar-refractivity contribution in [1.82, 2.24) is 20.0 Å². The quantitative estimate of drug-likeness (QED) is 0.678. The Kier molecular flexibility index (Phi) is 4.09. The molecule has 4 heterocycles. The van der Waals surface area contributed by atoms with E-state index in [4.69, 9.17) is 0 Å². The lowest BCUT2D eigenvalue weighted by molar-refractivity contribution is -0.136.